The van der Waals surface area contributed by atoms with Crippen molar-refractivity contribution in [1.82, 2.24) is 15.1 Å². The fourth-order valence-electron chi connectivity index (χ4n) is 2.36. The summed E-state index contributed by atoms with van der Waals surface area (Å²) in [6.45, 7) is 2.49. The van der Waals surface area contributed by atoms with E-state index >= 15 is 0 Å². The number of halogens is 3. The molecule has 3 nitrogen and oxygen atoms in total. The van der Waals surface area contributed by atoms with Gasteiger partial charge < -0.3 is 5.32 Å². The fraction of sp³-hybridized carbons (Fsp3) is 0.400. The van der Waals surface area contributed by atoms with E-state index in [0.717, 1.165) is 11.8 Å². The lowest BCUT2D eigenvalue weighted by atomic mass is 10.00. The molecule has 1 atom stereocenters. The molecule has 1 heterocycles. The van der Waals surface area contributed by atoms with Gasteiger partial charge in [-0.3, -0.25) is 4.68 Å². The zero-order valence-electron chi connectivity index (χ0n) is 12.0. The lowest BCUT2D eigenvalue weighted by molar-refractivity contribution is 0.418. The molecule has 2 rings (SSSR count). The first-order chi connectivity index (χ1) is 10.0. The third-order valence-corrected chi connectivity index (χ3v) is 3.50. The normalized spacial score (nSPS) is 12.6. The molecule has 1 aromatic carbocycles. The Bertz CT molecular complexity index is 610. The maximum Gasteiger partial charge on any atom is 0.194 e. The summed E-state index contributed by atoms with van der Waals surface area (Å²) in [5.74, 6) is -3.71. The molecule has 1 aromatic heterocycles. The summed E-state index contributed by atoms with van der Waals surface area (Å²) in [6, 6.07) is 3.76. The van der Waals surface area contributed by atoms with Crippen LogP contribution in [-0.2, 0) is 13.5 Å². The van der Waals surface area contributed by atoms with Crippen LogP contribution in [0.3, 0.4) is 0 Å². The van der Waals surface area contributed by atoms with E-state index in [-0.39, 0.29) is 11.6 Å². The number of benzene rings is 1. The van der Waals surface area contributed by atoms with Crippen LogP contribution in [0, 0.1) is 17.5 Å². The number of rotatable bonds is 6. The predicted octanol–water partition coefficient (Wildman–Crippen LogP) is 3.12. The van der Waals surface area contributed by atoms with E-state index in [4.69, 9.17) is 0 Å². The molecule has 0 amide bonds. The van der Waals surface area contributed by atoms with Crippen LogP contribution < -0.4 is 5.32 Å². The van der Waals surface area contributed by atoms with Gasteiger partial charge in [0.05, 0.1) is 0 Å². The summed E-state index contributed by atoms with van der Waals surface area (Å²) in [5, 5.41) is 7.18. The summed E-state index contributed by atoms with van der Waals surface area (Å²) < 4.78 is 42.1. The second kappa shape index (κ2) is 6.76. The van der Waals surface area contributed by atoms with Crippen LogP contribution in [0.1, 0.15) is 30.6 Å². The number of nitrogens with zero attached hydrogens (tertiary/aromatic N) is 2. The van der Waals surface area contributed by atoms with Crippen molar-refractivity contribution in [3.63, 3.8) is 0 Å². The van der Waals surface area contributed by atoms with Crippen molar-refractivity contribution in [3.05, 3.63) is 53.1 Å². The maximum absolute atomic E-state index is 13.9. The fourth-order valence-corrected chi connectivity index (χ4v) is 2.36. The molecule has 1 N–H and O–H groups in total. The molecule has 0 aliphatic rings. The minimum absolute atomic E-state index is 0.151. The average molecular weight is 297 g/mol. The number of aryl methyl sites for hydroxylation is 2. The lowest BCUT2D eigenvalue weighted by Crippen LogP contribution is -2.23. The van der Waals surface area contributed by atoms with Crippen LogP contribution in [-0.4, -0.2) is 16.3 Å². The summed E-state index contributed by atoms with van der Waals surface area (Å²) in [6.07, 6.45) is 2.91. The highest BCUT2D eigenvalue weighted by molar-refractivity contribution is 5.24. The van der Waals surface area contributed by atoms with Crippen molar-refractivity contribution in [1.29, 1.82) is 0 Å². The van der Waals surface area contributed by atoms with Gasteiger partial charge >= 0.3 is 0 Å². The highest BCUT2D eigenvalue weighted by Crippen LogP contribution is 2.25. The minimum Gasteiger partial charge on any atom is -0.310 e. The van der Waals surface area contributed by atoms with E-state index in [1.165, 1.54) is 6.07 Å². The van der Waals surface area contributed by atoms with E-state index in [1.807, 2.05) is 20.0 Å². The predicted molar refractivity (Wildman–Crippen MR) is 74.3 cm³/mol. The van der Waals surface area contributed by atoms with E-state index < -0.39 is 17.5 Å². The zero-order chi connectivity index (χ0) is 15.4. The molecule has 0 aliphatic heterocycles. The molecule has 1 unspecified atom stereocenters. The molecule has 0 radical (unpaired) electrons. The van der Waals surface area contributed by atoms with Crippen molar-refractivity contribution in [2.45, 2.75) is 25.8 Å². The second-order valence-corrected chi connectivity index (χ2v) is 4.86. The van der Waals surface area contributed by atoms with Crippen molar-refractivity contribution in [2.24, 2.45) is 7.05 Å². The second-order valence-electron chi connectivity index (χ2n) is 4.86. The molecule has 0 aliphatic carbocycles. The lowest BCUT2D eigenvalue weighted by Gasteiger charge is -2.19. The van der Waals surface area contributed by atoms with Gasteiger partial charge in [-0.25, -0.2) is 13.2 Å². The summed E-state index contributed by atoms with van der Waals surface area (Å²) in [5.41, 5.74) is 1.15. The van der Waals surface area contributed by atoms with E-state index in [1.54, 1.807) is 10.9 Å². The maximum atomic E-state index is 13.9. The highest BCUT2D eigenvalue weighted by atomic mass is 19.2. The Kier molecular flexibility index (Phi) is 5.01. The molecule has 114 valence electrons. The number of nitrogens with one attached hydrogen (secondary N) is 1. The molecule has 0 bridgehead atoms. The number of hydrogen-bond donors (Lipinski definition) is 1. The Balaban J connectivity index is 2.19. The first-order valence-corrected chi connectivity index (χ1v) is 6.88. The molecule has 6 heteroatoms. The third kappa shape index (κ3) is 3.44. The third-order valence-electron chi connectivity index (χ3n) is 3.50. The van der Waals surface area contributed by atoms with Crippen LogP contribution in [0.5, 0.6) is 0 Å². The Morgan fingerprint density at radius 3 is 2.57 bits per heavy atom. The topological polar surface area (TPSA) is 29.9 Å². The van der Waals surface area contributed by atoms with Gasteiger partial charge in [-0.2, -0.15) is 5.10 Å². The van der Waals surface area contributed by atoms with E-state index in [2.05, 4.69) is 10.4 Å². The molecule has 0 spiro atoms. The van der Waals surface area contributed by atoms with Crippen molar-refractivity contribution in [3.8, 4) is 0 Å². The quantitative estimate of drug-likeness (QED) is 0.830. The van der Waals surface area contributed by atoms with Gasteiger partial charge in [0.2, 0.25) is 0 Å². The Morgan fingerprint density at radius 1 is 1.19 bits per heavy atom. The summed E-state index contributed by atoms with van der Waals surface area (Å²) in [7, 11) is 1.83. The first-order valence-electron chi connectivity index (χ1n) is 6.88. The van der Waals surface area contributed by atoms with Crippen LogP contribution >= 0.6 is 0 Å². The van der Waals surface area contributed by atoms with Crippen LogP contribution in [0.2, 0.25) is 0 Å². The van der Waals surface area contributed by atoms with Crippen LogP contribution in [0.4, 0.5) is 13.2 Å². The smallest absolute Gasteiger partial charge is 0.194 e. The molecule has 0 fully saturated rings. The largest absolute Gasteiger partial charge is 0.310 e. The highest BCUT2D eigenvalue weighted by Gasteiger charge is 2.20. The number of hydrogen-bond acceptors (Lipinski definition) is 2. The van der Waals surface area contributed by atoms with Crippen molar-refractivity contribution < 1.29 is 13.2 Å². The molecular formula is C15H18F3N3. The Hall–Kier alpha value is -1.82. The van der Waals surface area contributed by atoms with Gasteiger partial charge in [0, 0.05) is 30.5 Å². The van der Waals surface area contributed by atoms with Gasteiger partial charge in [0.25, 0.3) is 0 Å². The Labute approximate surface area is 121 Å². The van der Waals surface area contributed by atoms with Crippen LogP contribution in [0.15, 0.2) is 24.4 Å². The zero-order valence-corrected chi connectivity index (χ0v) is 12.0. The number of aromatic nitrogens is 2. The van der Waals surface area contributed by atoms with Gasteiger partial charge in [0.1, 0.15) is 0 Å². The summed E-state index contributed by atoms with van der Waals surface area (Å²) >= 11 is 0. The molecule has 21 heavy (non-hydrogen) atoms. The first kappa shape index (κ1) is 15.6. The van der Waals surface area contributed by atoms with Gasteiger partial charge in [0.15, 0.2) is 17.5 Å². The Morgan fingerprint density at radius 2 is 1.95 bits per heavy atom. The SMILES string of the molecule is CCNC(CCc1ccnn1C)c1ccc(F)c(F)c1F. The summed E-state index contributed by atoms with van der Waals surface area (Å²) in [4.78, 5) is 0. The molecule has 0 saturated carbocycles. The standard InChI is InChI=1S/C15H18F3N3/c1-3-19-13(7-4-10-8-9-20-21(10)2)11-5-6-12(16)15(18)14(11)17/h5-6,8-9,13,19H,3-4,7H2,1-2H3. The van der Waals surface area contributed by atoms with Gasteiger partial charge in [-0.15, -0.1) is 0 Å². The van der Waals surface area contributed by atoms with Gasteiger partial charge in [-0.05, 0) is 31.5 Å². The molecular weight excluding hydrogens is 279 g/mol. The molecule has 0 saturated heterocycles. The van der Waals surface area contributed by atoms with E-state index in [9.17, 15) is 13.2 Å². The molecule has 2 aromatic rings. The van der Waals surface area contributed by atoms with E-state index in [0.29, 0.717) is 19.4 Å². The van der Waals surface area contributed by atoms with Crippen molar-refractivity contribution >= 4 is 0 Å². The minimum atomic E-state index is -1.42. The van der Waals surface area contributed by atoms with Crippen molar-refractivity contribution in [2.75, 3.05) is 6.54 Å². The monoisotopic (exact) mass is 297 g/mol. The van der Waals surface area contributed by atoms with Gasteiger partial charge in [-0.1, -0.05) is 13.0 Å². The van der Waals surface area contributed by atoms with Crippen LogP contribution in [0.25, 0.3) is 0 Å². The average Bonchev–Trinajstić information content (AvgIpc) is 2.87.